The van der Waals surface area contributed by atoms with Crippen molar-refractivity contribution in [3.63, 3.8) is 0 Å². The zero-order valence-corrected chi connectivity index (χ0v) is 15.5. The lowest BCUT2D eigenvalue weighted by Crippen LogP contribution is -2.55. The van der Waals surface area contributed by atoms with Crippen molar-refractivity contribution in [2.75, 3.05) is 19.6 Å². The molecule has 3 rings (SSSR count). The van der Waals surface area contributed by atoms with Gasteiger partial charge < -0.3 is 5.32 Å². The van der Waals surface area contributed by atoms with Gasteiger partial charge in [0.25, 0.3) is 0 Å². The van der Waals surface area contributed by atoms with E-state index in [1.807, 2.05) is 0 Å². The van der Waals surface area contributed by atoms with Crippen LogP contribution in [0.4, 0.5) is 0 Å². The molecule has 3 heteroatoms. The maximum Gasteiger partial charge on any atom is 0.227 e. The van der Waals surface area contributed by atoms with E-state index in [0.29, 0.717) is 0 Å². The third-order valence-corrected chi connectivity index (χ3v) is 5.89. The fourth-order valence-electron chi connectivity index (χ4n) is 4.30. The molecule has 2 atom stereocenters. The Kier molecular flexibility index (Phi) is 5.29. The van der Waals surface area contributed by atoms with Gasteiger partial charge in [0.15, 0.2) is 0 Å². The Morgan fingerprint density at radius 1 is 1.25 bits per heavy atom. The summed E-state index contributed by atoms with van der Waals surface area (Å²) in [6, 6.07) is 8.45. The number of hydrogen-bond acceptors (Lipinski definition) is 2. The number of piperidine rings is 1. The van der Waals surface area contributed by atoms with Crippen LogP contribution in [0, 0.1) is 5.92 Å². The maximum absolute atomic E-state index is 12.8. The second-order valence-corrected chi connectivity index (χ2v) is 8.37. The van der Waals surface area contributed by atoms with Crippen molar-refractivity contribution >= 4 is 5.91 Å². The van der Waals surface area contributed by atoms with Gasteiger partial charge >= 0.3 is 0 Å². The Morgan fingerprint density at radius 2 is 2.04 bits per heavy atom. The van der Waals surface area contributed by atoms with Gasteiger partial charge in [-0.15, -0.1) is 0 Å². The molecule has 0 aromatic heterocycles. The fourth-order valence-corrected chi connectivity index (χ4v) is 4.30. The van der Waals surface area contributed by atoms with Gasteiger partial charge in [-0.2, -0.15) is 0 Å². The van der Waals surface area contributed by atoms with Gasteiger partial charge in [-0.05, 0) is 69.5 Å². The minimum Gasteiger partial charge on any atom is -0.354 e. The summed E-state index contributed by atoms with van der Waals surface area (Å²) in [4.78, 5) is 15.4. The zero-order valence-electron chi connectivity index (χ0n) is 15.5. The van der Waals surface area contributed by atoms with Crippen molar-refractivity contribution in [3.05, 3.63) is 35.4 Å². The number of hydrogen-bond donors (Lipinski definition) is 1. The van der Waals surface area contributed by atoms with Crippen molar-refractivity contribution in [1.82, 2.24) is 10.2 Å². The average molecular weight is 329 g/mol. The molecule has 3 nitrogen and oxygen atoms in total. The predicted octanol–water partition coefficient (Wildman–Crippen LogP) is 3.73. The van der Waals surface area contributed by atoms with Gasteiger partial charge in [0.05, 0.1) is 5.92 Å². The van der Waals surface area contributed by atoms with E-state index in [4.69, 9.17) is 0 Å². The Morgan fingerprint density at radius 3 is 2.83 bits per heavy atom. The van der Waals surface area contributed by atoms with Crippen LogP contribution < -0.4 is 5.32 Å². The van der Waals surface area contributed by atoms with Crippen LogP contribution in [-0.2, 0) is 11.2 Å². The number of rotatable bonds is 4. The van der Waals surface area contributed by atoms with Gasteiger partial charge in [0.2, 0.25) is 5.91 Å². The summed E-state index contributed by atoms with van der Waals surface area (Å²) in [5.74, 6) is 1.00. The molecule has 1 saturated heterocycles. The van der Waals surface area contributed by atoms with Crippen molar-refractivity contribution < 1.29 is 4.79 Å². The second-order valence-electron chi connectivity index (χ2n) is 8.37. The summed E-state index contributed by atoms with van der Waals surface area (Å²) in [6.45, 7) is 9.89. The summed E-state index contributed by atoms with van der Waals surface area (Å²) >= 11 is 0. The molecule has 0 radical (unpaired) electrons. The monoisotopic (exact) mass is 328 g/mol. The Hall–Kier alpha value is -1.35. The lowest BCUT2D eigenvalue weighted by atomic mass is 9.82. The lowest BCUT2D eigenvalue weighted by Gasteiger charge is -2.43. The van der Waals surface area contributed by atoms with E-state index in [0.717, 1.165) is 44.8 Å². The topological polar surface area (TPSA) is 32.3 Å². The van der Waals surface area contributed by atoms with Gasteiger partial charge in [0, 0.05) is 18.6 Å². The number of nitrogens with zero attached hydrogens (tertiary/aromatic N) is 1. The number of carbonyl (C=O) groups excluding carboxylic acids is 1. The number of nitrogens with one attached hydrogen (secondary N) is 1. The van der Waals surface area contributed by atoms with Crippen LogP contribution in [0.5, 0.6) is 0 Å². The number of benzene rings is 1. The Balaban J connectivity index is 1.61. The summed E-state index contributed by atoms with van der Waals surface area (Å²) in [7, 11) is 0. The quantitative estimate of drug-likeness (QED) is 0.913. The molecule has 1 N–H and O–H groups in total. The van der Waals surface area contributed by atoms with E-state index in [9.17, 15) is 4.79 Å². The molecule has 1 aromatic rings. The number of carbonyl (C=O) groups is 1. The zero-order chi connectivity index (χ0) is 17.2. The van der Waals surface area contributed by atoms with Crippen LogP contribution in [0.25, 0.3) is 0 Å². The Labute approximate surface area is 146 Å². The van der Waals surface area contributed by atoms with E-state index in [-0.39, 0.29) is 17.4 Å². The SMILES string of the molecule is CC1CCCN(C(C)(C)CNC(=O)C2CCCc3ccccc32)C1. The van der Waals surface area contributed by atoms with Crippen LogP contribution in [-0.4, -0.2) is 36.0 Å². The number of amides is 1. The van der Waals surface area contributed by atoms with Gasteiger partial charge in [-0.3, -0.25) is 9.69 Å². The minimum atomic E-state index is 0.0263. The highest BCUT2D eigenvalue weighted by atomic mass is 16.1. The molecule has 24 heavy (non-hydrogen) atoms. The van der Waals surface area contributed by atoms with E-state index >= 15 is 0 Å². The van der Waals surface area contributed by atoms with Crippen LogP contribution >= 0.6 is 0 Å². The molecule has 132 valence electrons. The highest BCUT2D eigenvalue weighted by molar-refractivity contribution is 5.84. The van der Waals surface area contributed by atoms with Gasteiger partial charge in [-0.1, -0.05) is 31.2 Å². The Bertz CT molecular complexity index is 581. The van der Waals surface area contributed by atoms with Crippen LogP contribution in [0.2, 0.25) is 0 Å². The minimum absolute atomic E-state index is 0.0263. The molecule has 2 aliphatic rings. The molecular weight excluding hydrogens is 296 g/mol. The standard InChI is InChI=1S/C21H32N2O/c1-16-8-7-13-23(14-16)21(2,3)15-22-20(24)19-12-6-10-17-9-4-5-11-18(17)19/h4-5,9,11,16,19H,6-8,10,12-15H2,1-3H3,(H,22,24). The third kappa shape index (κ3) is 3.83. The summed E-state index contributed by atoms with van der Waals surface area (Å²) in [5, 5.41) is 3.27. The molecule has 1 heterocycles. The predicted molar refractivity (Wildman–Crippen MR) is 99.2 cm³/mol. The fraction of sp³-hybridized carbons (Fsp3) is 0.667. The van der Waals surface area contributed by atoms with Gasteiger partial charge in [0.1, 0.15) is 0 Å². The number of fused-ring (bicyclic) bond motifs is 1. The lowest BCUT2D eigenvalue weighted by molar-refractivity contribution is -0.123. The summed E-state index contributed by atoms with van der Waals surface area (Å²) in [5.41, 5.74) is 2.62. The molecule has 1 aliphatic heterocycles. The molecule has 0 spiro atoms. The molecule has 1 amide bonds. The highest BCUT2D eigenvalue weighted by Gasteiger charge is 2.32. The maximum atomic E-state index is 12.8. The summed E-state index contributed by atoms with van der Waals surface area (Å²) in [6.07, 6.45) is 5.80. The number of aryl methyl sites for hydroxylation is 1. The average Bonchev–Trinajstić information content (AvgIpc) is 2.59. The first-order valence-corrected chi connectivity index (χ1v) is 9.58. The first kappa shape index (κ1) is 17.5. The molecule has 0 saturated carbocycles. The first-order valence-electron chi connectivity index (χ1n) is 9.58. The van der Waals surface area contributed by atoms with Crippen LogP contribution in [0.3, 0.4) is 0 Å². The largest absolute Gasteiger partial charge is 0.354 e. The van der Waals surface area contributed by atoms with Crippen molar-refractivity contribution in [1.29, 1.82) is 0 Å². The van der Waals surface area contributed by atoms with Crippen LogP contribution in [0.15, 0.2) is 24.3 Å². The van der Waals surface area contributed by atoms with Crippen molar-refractivity contribution in [3.8, 4) is 0 Å². The molecule has 1 aromatic carbocycles. The normalized spacial score (nSPS) is 25.1. The number of likely N-dealkylation sites (tertiary alicyclic amines) is 1. The van der Waals surface area contributed by atoms with E-state index in [2.05, 4.69) is 55.3 Å². The molecule has 1 fully saturated rings. The highest BCUT2D eigenvalue weighted by Crippen LogP contribution is 2.32. The summed E-state index contributed by atoms with van der Waals surface area (Å²) < 4.78 is 0. The van der Waals surface area contributed by atoms with Crippen molar-refractivity contribution in [2.24, 2.45) is 5.92 Å². The molecular formula is C21H32N2O. The van der Waals surface area contributed by atoms with E-state index in [1.165, 1.54) is 24.0 Å². The molecule has 1 aliphatic carbocycles. The van der Waals surface area contributed by atoms with E-state index in [1.54, 1.807) is 0 Å². The molecule has 2 unspecified atom stereocenters. The molecule has 0 bridgehead atoms. The second kappa shape index (κ2) is 7.26. The van der Waals surface area contributed by atoms with Crippen molar-refractivity contribution in [2.45, 2.75) is 64.3 Å². The van der Waals surface area contributed by atoms with E-state index < -0.39 is 0 Å². The first-order chi connectivity index (χ1) is 11.5. The third-order valence-electron chi connectivity index (χ3n) is 5.89. The smallest absolute Gasteiger partial charge is 0.227 e. The van der Waals surface area contributed by atoms with Gasteiger partial charge in [-0.25, -0.2) is 0 Å². The van der Waals surface area contributed by atoms with Crippen LogP contribution in [0.1, 0.15) is 63.5 Å².